The number of morpholine rings is 1. The first-order valence-electron chi connectivity index (χ1n) is 8.89. The van der Waals surface area contributed by atoms with Crippen molar-refractivity contribution in [2.24, 2.45) is 10.7 Å². The van der Waals surface area contributed by atoms with E-state index in [9.17, 15) is 0 Å². The van der Waals surface area contributed by atoms with Crippen LogP contribution in [0.25, 0.3) is 0 Å². The van der Waals surface area contributed by atoms with Gasteiger partial charge in [0.1, 0.15) is 0 Å². The minimum Gasteiger partial charge on any atom is -0.382 e. The van der Waals surface area contributed by atoms with Crippen molar-refractivity contribution >= 4 is 17.6 Å². The van der Waals surface area contributed by atoms with Gasteiger partial charge in [-0.2, -0.15) is 0 Å². The first kappa shape index (κ1) is 20.0. The van der Waals surface area contributed by atoms with E-state index in [4.69, 9.17) is 26.8 Å². The molecule has 1 saturated heterocycles. The number of rotatable bonds is 9. The maximum atomic E-state index is 6.02. The van der Waals surface area contributed by atoms with E-state index in [1.165, 1.54) is 5.56 Å². The van der Waals surface area contributed by atoms with E-state index in [1.54, 1.807) is 0 Å². The highest BCUT2D eigenvalue weighted by atomic mass is 35.5. The summed E-state index contributed by atoms with van der Waals surface area (Å²) in [7, 11) is 0. The lowest BCUT2D eigenvalue weighted by Crippen LogP contribution is -2.41. The molecule has 7 heteroatoms. The van der Waals surface area contributed by atoms with E-state index in [0.29, 0.717) is 12.5 Å². The Morgan fingerprint density at radius 2 is 2.08 bits per heavy atom. The van der Waals surface area contributed by atoms with Gasteiger partial charge in [-0.15, -0.1) is 0 Å². The zero-order valence-corrected chi connectivity index (χ0v) is 15.7. The molecule has 1 aromatic rings. The lowest BCUT2D eigenvalue weighted by atomic mass is 10.0. The van der Waals surface area contributed by atoms with Crippen LogP contribution in [0, 0.1) is 0 Å². The third-order valence-corrected chi connectivity index (χ3v) is 4.40. The van der Waals surface area contributed by atoms with Crippen molar-refractivity contribution in [1.82, 2.24) is 10.2 Å². The van der Waals surface area contributed by atoms with Crippen molar-refractivity contribution in [3.05, 3.63) is 34.9 Å². The molecule has 1 aliphatic heterocycles. The fraction of sp³-hybridized carbons (Fsp3) is 0.611. The molecule has 140 valence electrons. The zero-order chi connectivity index (χ0) is 17.9. The second-order valence-corrected chi connectivity index (χ2v) is 6.36. The summed E-state index contributed by atoms with van der Waals surface area (Å²) in [5.74, 6) is 0.476. The number of aliphatic imine (C=N–C) groups is 1. The number of nitrogens with one attached hydrogen (secondary N) is 1. The Kier molecular flexibility index (Phi) is 9.04. The van der Waals surface area contributed by atoms with Gasteiger partial charge in [0.05, 0.1) is 25.8 Å². The van der Waals surface area contributed by atoms with E-state index in [-0.39, 0.29) is 6.04 Å². The normalized spacial score (nSPS) is 17.4. The highest BCUT2D eigenvalue weighted by molar-refractivity contribution is 6.30. The van der Waals surface area contributed by atoms with Crippen LogP contribution in [0.4, 0.5) is 0 Å². The van der Waals surface area contributed by atoms with Crippen molar-refractivity contribution in [3.63, 3.8) is 0 Å². The first-order valence-corrected chi connectivity index (χ1v) is 9.27. The van der Waals surface area contributed by atoms with Crippen molar-refractivity contribution in [3.8, 4) is 0 Å². The zero-order valence-electron chi connectivity index (χ0n) is 14.9. The molecule has 1 heterocycles. The van der Waals surface area contributed by atoms with E-state index in [0.717, 1.165) is 57.5 Å². The van der Waals surface area contributed by atoms with E-state index < -0.39 is 0 Å². The Morgan fingerprint density at radius 3 is 2.76 bits per heavy atom. The van der Waals surface area contributed by atoms with Crippen LogP contribution in [-0.4, -0.2) is 63.5 Å². The average molecular weight is 369 g/mol. The highest BCUT2D eigenvalue weighted by Crippen LogP contribution is 2.23. The summed E-state index contributed by atoms with van der Waals surface area (Å²) in [5, 5.41) is 3.88. The van der Waals surface area contributed by atoms with Crippen LogP contribution in [0.2, 0.25) is 5.02 Å². The molecule has 0 spiro atoms. The molecule has 0 bridgehead atoms. The van der Waals surface area contributed by atoms with Crippen LogP contribution in [0.1, 0.15) is 24.9 Å². The van der Waals surface area contributed by atoms with Crippen LogP contribution < -0.4 is 11.1 Å². The maximum Gasteiger partial charge on any atom is 0.188 e. The molecule has 1 atom stereocenters. The van der Waals surface area contributed by atoms with Gasteiger partial charge in [0, 0.05) is 37.9 Å². The Hall–Kier alpha value is -1.34. The smallest absolute Gasteiger partial charge is 0.188 e. The fourth-order valence-electron chi connectivity index (χ4n) is 2.78. The predicted octanol–water partition coefficient (Wildman–Crippen LogP) is 2.04. The minimum absolute atomic E-state index is 0.171. The van der Waals surface area contributed by atoms with Crippen molar-refractivity contribution < 1.29 is 9.47 Å². The lowest BCUT2D eigenvalue weighted by molar-refractivity contribution is 0.0180. The van der Waals surface area contributed by atoms with Crippen LogP contribution in [0.15, 0.2) is 29.3 Å². The molecule has 1 fully saturated rings. The van der Waals surface area contributed by atoms with Crippen molar-refractivity contribution in [2.75, 3.05) is 52.6 Å². The summed E-state index contributed by atoms with van der Waals surface area (Å²) in [6, 6.07) is 8.13. The maximum absolute atomic E-state index is 6.02. The number of ether oxygens (including phenoxy) is 2. The Balaban J connectivity index is 1.93. The van der Waals surface area contributed by atoms with Gasteiger partial charge in [0.25, 0.3) is 0 Å². The van der Waals surface area contributed by atoms with Crippen molar-refractivity contribution in [2.45, 2.75) is 19.4 Å². The lowest BCUT2D eigenvalue weighted by Gasteiger charge is -2.34. The molecule has 0 aliphatic carbocycles. The monoisotopic (exact) mass is 368 g/mol. The quantitative estimate of drug-likeness (QED) is 0.396. The van der Waals surface area contributed by atoms with Gasteiger partial charge in [-0.1, -0.05) is 23.7 Å². The van der Waals surface area contributed by atoms with Crippen LogP contribution in [0.3, 0.4) is 0 Å². The van der Waals surface area contributed by atoms with Crippen LogP contribution >= 0.6 is 11.6 Å². The summed E-state index contributed by atoms with van der Waals surface area (Å²) < 4.78 is 10.8. The summed E-state index contributed by atoms with van der Waals surface area (Å²) in [6.07, 6.45) is 0.911. The van der Waals surface area contributed by atoms with Crippen LogP contribution in [-0.2, 0) is 9.47 Å². The number of guanidine groups is 1. The van der Waals surface area contributed by atoms with Gasteiger partial charge in [-0.3, -0.25) is 9.89 Å². The average Bonchev–Trinajstić information content (AvgIpc) is 2.64. The molecule has 25 heavy (non-hydrogen) atoms. The number of hydrogen-bond donors (Lipinski definition) is 2. The SMILES string of the molecule is CCOCCCNC(N)=NCC(c1ccc(Cl)cc1)N1CCOCC1. The van der Waals surface area contributed by atoms with E-state index in [2.05, 4.69) is 27.3 Å². The Bertz CT molecular complexity index is 518. The molecule has 1 unspecified atom stereocenters. The number of benzene rings is 1. The van der Waals surface area contributed by atoms with Crippen LogP contribution in [0.5, 0.6) is 0 Å². The molecule has 0 amide bonds. The second kappa shape index (κ2) is 11.3. The van der Waals surface area contributed by atoms with Gasteiger partial charge in [-0.25, -0.2) is 0 Å². The molecule has 0 saturated carbocycles. The molecule has 3 N–H and O–H groups in total. The largest absolute Gasteiger partial charge is 0.382 e. The molecule has 6 nitrogen and oxygen atoms in total. The van der Waals surface area contributed by atoms with E-state index >= 15 is 0 Å². The molecule has 0 aromatic heterocycles. The number of nitrogens with zero attached hydrogens (tertiary/aromatic N) is 2. The third-order valence-electron chi connectivity index (χ3n) is 4.15. The summed E-state index contributed by atoms with van der Waals surface area (Å²) in [4.78, 5) is 6.93. The van der Waals surface area contributed by atoms with Gasteiger partial charge in [0.2, 0.25) is 0 Å². The number of hydrogen-bond acceptors (Lipinski definition) is 4. The standard InChI is InChI=1S/C18H29ClN4O2/c1-2-24-11-3-8-21-18(20)22-14-17(23-9-12-25-13-10-23)15-4-6-16(19)7-5-15/h4-7,17H,2-3,8-14H2,1H3,(H3,20,21,22). The number of halogens is 1. The summed E-state index contributed by atoms with van der Waals surface area (Å²) in [6.45, 7) is 8.12. The molecule has 1 aliphatic rings. The minimum atomic E-state index is 0.171. The molecular formula is C18H29ClN4O2. The first-order chi connectivity index (χ1) is 12.2. The molecular weight excluding hydrogens is 340 g/mol. The van der Waals surface area contributed by atoms with Gasteiger partial charge < -0.3 is 20.5 Å². The topological polar surface area (TPSA) is 72.1 Å². The van der Waals surface area contributed by atoms with Gasteiger partial charge in [-0.05, 0) is 31.0 Å². The summed E-state index contributed by atoms with van der Waals surface area (Å²) in [5.41, 5.74) is 7.20. The second-order valence-electron chi connectivity index (χ2n) is 5.92. The third kappa shape index (κ3) is 7.20. The molecule has 2 rings (SSSR count). The highest BCUT2D eigenvalue weighted by Gasteiger charge is 2.22. The number of nitrogens with two attached hydrogens (primary N) is 1. The summed E-state index contributed by atoms with van der Waals surface area (Å²) >= 11 is 6.02. The van der Waals surface area contributed by atoms with E-state index in [1.807, 2.05) is 19.1 Å². The predicted molar refractivity (Wildman–Crippen MR) is 102 cm³/mol. The van der Waals surface area contributed by atoms with Crippen molar-refractivity contribution in [1.29, 1.82) is 0 Å². The Labute approximate surface area is 155 Å². The Morgan fingerprint density at radius 1 is 1.36 bits per heavy atom. The van der Waals surface area contributed by atoms with Gasteiger partial charge in [0.15, 0.2) is 5.96 Å². The van der Waals surface area contributed by atoms with Gasteiger partial charge >= 0.3 is 0 Å². The fourth-order valence-corrected chi connectivity index (χ4v) is 2.91. The molecule has 1 aromatic carbocycles. The molecule has 0 radical (unpaired) electrons.